The van der Waals surface area contributed by atoms with Gasteiger partial charge < -0.3 is 5.32 Å². The second kappa shape index (κ2) is 4.26. The highest BCUT2D eigenvalue weighted by Crippen LogP contribution is 2.34. The molecule has 3 rings (SSSR count). The van der Waals surface area contributed by atoms with E-state index in [1.165, 1.54) is 0 Å². The molecule has 0 amide bonds. The van der Waals surface area contributed by atoms with Crippen LogP contribution < -0.4 is 5.32 Å². The maximum absolute atomic E-state index is 12.7. The van der Waals surface area contributed by atoms with Gasteiger partial charge in [-0.2, -0.15) is 13.2 Å². The van der Waals surface area contributed by atoms with Crippen molar-refractivity contribution < 1.29 is 13.2 Å². The first-order valence-electron chi connectivity index (χ1n) is 5.95. The van der Waals surface area contributed by atoms with Gasteiger partial charge in [0, 0.05) is 11.9 Å². The minimum absolute atomic E-state index is 0.444. The number of nitrogens with one attached hydrogen (secondary N) is 1. The van der Waals surface area contributed by atoms with E-state index >= 15 is 0 Å². The van der Waals surface area contributed by atoms with E-state index in [-0.39, 0.29) is 0 Å². The average molecular weight is 264 g/mol. The first-order chi connectivity index (χ1) is 9.04. The summed E-state index contributed by atoms with van der Waals surface area (Å²) in [6.45, 7) is 0. The van der Waals surface area contributed by atoms with Crippen molar-refractivity contribution in [2.24, 2.45) is 0 Å². The average Bonchev–Trinajstić information content (AvgIpc) is 2.55. The molecule has 0 aliphatic carbocycles. The van der Waals surface area contributed by atoms with Crippen LogP contribution in [0.2, 0.25) is 0 Å². The van der Waals surface area contributed by atoms with Crippen LogP contribution in [0.25, 0.3) is 0 Å². The van der Waals surface area contributed by atoms with E-state index in [0.29, 0.717) is 17.8 Å². The molecule has 0 fully saturated rings. The molecule has 0 atom stereocenters. The van der Waals surface area contributed by atoms with Crippen molar-refractivity contribution in [2.75, 3.05) is 5.32 Å². The fourth-order valence-electron chi connectivity index (χ4n) is 2.21. The number of nitrogens with zero attached hydrogens (tertiary/aromatic N) is 1. The molecule has 19 heavy (non-hydrogen) atoms. The molecule has 2 nitrogen and oxygen atoms in total. The summed E-state index contributed by atoms with van der Waals surface area (Å²) in [5, 5.41) is 3.05. The topological polar surface area (TPSA) is 24.9 Å². The summed E-state index contributed by atoms with van der Waals surface area (Å²) in [4.78, 5) is 3.95. The minimum Gasteiger partial charge on any atom is -0.354 e. The van der Waals surface area contributed by atoms with Crippen molar-refractivity contribution in [3.63, 3.8) is 0 Å². The van der Waals surface area contributed by atoms with Crippen LogP contribution in [0.5, 0.6) is 0 Å². The van der Waals surface area contributed by atoms with Gasteiger partial charge in [-0.15, -0.1) is 0 Å². The summed E-state index contributed by atoms with van der Waals surface area (Å²) in [7, 11) is 0. The molecule has 0 unspecified atom stereocenters. The zero-order valence-corrected chi connectivity index (χ0v) is 9.96. The van der Waals surface area contributed by atoms with Gasteiger partial charge in [0.25, 0.3) is 0 Å². The summed E-state index contributed by atoms with van der Waals surface area (Å²) in [5.41, 5.74) is 2.33. The fraction of sp³-hybridized carbons (Fsp3) is 0.214. The summed E-state index contributed by atoms with van der Waals surface area (Å²) in [6.07, 6.45) is -2.06. The van der Waals surface area contributed by atoms with Crippen molar-refractivity contribution >= 4 is 11.4 Å². The molecule has 0 bridgehead atoms. The Labute approximate surface area is 108 Å². The molecule has 2 heterocycles. The van der Waals surface area contributed by atoms with Crippen molar-refractivity contribution in [3.05, 3.63) is 53.3 Å². The summed E-state index contributed by atoms with van der Waals surface area (Å²) < 4.78 is 38.1. The first kappa shape index (κ1) is 12.0. The number of aryl methyl sites for hydroxylation is 2. The van der Waals surface area contributed by atoms with Gasteiger partial charge in [-0.3, -0.25) is 4.98 Å². The number of hydrogen-bond donors (Lipinski definition) is 1. The Hall–Kier alpha value is -2.04. The maximum atomic E-state index is 12.7. The number of anilines is 2. The highest BCUT2D eigenvalue weighted by atomic mass is 19.4. The normalized spacial score (nSPS) is 14.1. The zero-order valence-electron chi connectivity index (χ0n) is 9.96. The molecule has 0 radical (unpaired) electrons. The van der Waals surface area contributed by atoms with Crippen molar-refractivity contribution in [3.8, 4) is 0 Å². The molecule has 1 aromatic heterocycles. The van der Waals surface area contributed by atoms with Gasteiger partial charge in [0.1, 0.15) is 0 Å². The molecule has 2 aromatic rings. The summed E-state index contributed by atoms with van der Waals surface area (Å²) in [5.74, 6) is 0. The lowest BCUT2D eigenvalue weighted by molar-refractivity contribution is -0.137. The number of pyridine rings is 1. The van der Waals surface area contributed by atoms with Crippen LogP contribution in [-0.4, -0.2) is 4.98 Å². The molecule has 5 heteroatoms. The quantitative estimate of drug-likeness (QED) is 0.779. The second-order valence-electron chi connectivity index (χ2n) is 4.50. The second-order valence-corrected chi connectivity index (χ2v) is 4.50. The molecule has 1 aromatic carbocycles. The molecular weight excluding hydrogens is 253 g/mol. The van der Waals surface area contributed by atoms with E-state index in [4.69, 9.17) is 0 Å². The smallest absolute Gasteiger partial charge is 0.354 e. The van der Waals surface area contributed by atoms with E-state index < -0.39 is 11.7 Å². The molecule has 0 spiro atoms. The van der Waals surface area contributed by atoms with Gasteiger partial charge in [-0.25, -0.2) is 0 Å². The number of alkyl halides is 3. The summed E-state index contributed by atoms with van der Waals surface area (Å²) >= 11 is 0. The first-order valence-corrected chi connectivity index (χ1v) is 5.95. The van der Waals surface area contributed by atoms with Gasteiger partial charge >= 0.3 is 6.18 Å². The number of aromatic nitrogens is 1. The Balaban J connectivity index is 2.05. The standard InChI is InChI=1S/C14H11F3N2/c15-14(16,17)10-7-13-12(18-8-10)6-5-9-3-1-2-4-11(9)19-13/h1-4,7-8,19H,5-6H2. The van der Waals surface area contributed by atoms with E-state index in [1.807, 2.05) is 24.3 Å². The number of benzene rings is 1. The Morgan fingerprint density at radius 1 is 1.05 bits per heavy atom. The van der Waals surface area contributed by atoms with E-state index in [2.05, 4.69) is 10.3 Å². The van der Waals surface area contributed by atoms with Gasteiger partial charge in [-0.05, 0) is 30.5 Å². The third-order valence-corrected chi connectivity index (χ3v) is 3.22. The van der Waals surface area contributed by atoms with Crippen molar-refractivity contribution in [2.45, 2.75) is 19.0 Å². The Bertz CT molecular complexity index is 620. The van der Waals surface area contributed by atoms with Crippen LogP contribution in [0.15, 0.2) is 36.5 Å². The predicted octanol–water partition coefficient (Wildman–Crippen LogP) is 3.94. The molecule has 1 aliphatic rings. The Morgan fingerprint density at radius 2 is 1.84 bits per heavy atom. The van der Waals surface area contributed by atoms with E-state index in [1.54, 1.807) is 0 Å². The number of rotatable bonds is 0. The largest absolute Gasteiger partial charge is 0.417 e. The lowest BCUT2D eigenvalue weighted by Crippen LogP contribution is -2.08. The minimum atomic E-state index is -4.37. The zero-order chi connectivity index (χ0) is 13.5. The third kappa shape index (κ3) is 2.28. The van der Waals surface area contributed by atoms with Crippen LogP contribution in [0.3, 0.4) is 0 Å². The van der Waals surface area contributed by atoms with Crippen molar-refractivity contribution in [1.82, 2.24) is 4.98 Å². The maximum Gasteiger partial charge on any atom is 0.417 e. The van der Waals surface area contributed by atoms with Gasteiger partial charge in [0.15, 0.2) is 0 Å². The molecule has 0 saturated heterocycles. The number of fused-ring (bicyclic) bond motifs is 2. The highest BCUT2D eigenvalue weighted by molar-refractivity contribution is 5.67. The molecular formula is C14H11F3N2. The van der Waals surface area contributed by atoms with Crippen LogP contribution in [0.1, 0.15) is 16.8 Å². The Kier molecular flexibility index (Phi) is 2.69. The van der Waals surface area contributed by atoms with Gasteiger partial charge in [0.2, 0.25) is 0 Å². The molecule has 1 N–H and O–H groups in total. The van der Waals surface area contributed by atoms with Crippen molar-refractivity contribution in [1.29, 1.82) is 0 Å². The monoisotopic (exact) mass is 264 g/mol. The molecule has 1 aliphatic heterocycles. The van der Waals surface area contributed by atoms with Gasteiger partial charge in [-0.1, -0.05) is 18.2 Å². The SMILES string of the molecule is FC(F)(F)c1cnc2c(c1)Nc1ccccc1CC2. The third-order valence-electron chi connectivity index (χ3n) is 3.22. The number of halogens is 3. The van der Waals surface area contributed by atoms with E-state index in [9.17, 15) is 13.2 Å². The van der Waals surface area contributed by atoms with Crippen LogP contribution in [0.4, 0.5) is 24.5 Å². The lowest BCUT2D eigenvalue weighted by Gasteiger charge is -2.12. The number of hydrogen-bond acceptors (Lipinski definition) is 2. The highest BCUT2D eigenvalue weighted by Gasteiger charge is 2.32. The summed E-state index contributed by atoms with van der Waals surface area (Å²) in [6, 6.07) is 8.75. The predicted molar refractivity (Wildman–Crippen MR) is 66.4 cm³/mol. The number of para-hydroxylation sites is 1. The van der Waals surface area contributed by atoms with Crippen LogP contribution >= 0.6 is 0 Å². The fourth-order valence-corrected chi connectivity index (χ4v) is 2.21. The Morgan fingerprint density at radius 3 is 2.63 bits per heavy atom. The van der Waals surface area contributed by atoms with Crippen LogP contribution in [0, 0.1) is 0 Å². The molecule has 0 saturated carbocycles. The van der Waals surface area contributed by atoms with Crippen LogP contribution in [-0.2, 0) is 19.0 Å². The van der Waals surface area contributed by atoms with E-state index in [0.717, 1.165) is 29.9 Å². The lowest BCUT2D eigenvalue weighted by atomic mass is 10.1. The molecule has 98 valence electrons. The van der Waals surface area contributed by atoms with Gasteiger partial charge in [0.05, 0.1) is 16.9 Å².